The van der Waals surface area contributed by atoms with Gasteiger partial charge < -0.3 is 20.3 Å². The van der Waals surface area contributed by atoms with Crippen LogP contribution in [0.3, 0.4) is 0 Å². The molecule has 0 radical (unpaired) electrons. The summed E-state index contributed by atoms with van der Waals surface area (Å²) in [5, 5.41) is 5.41. The predicted molar refractivity (Wildman–Crippen MR) is 109 cm³/mol. The minimum absolute atomic E-state index is 0.0573. The van der Waals surface area contributed by atoms with E-state index in [2.05, 4.69) is 10.00 Å². The minimum Gasteiger partial charge on any atom is -0.444 e. The number of nitrogens with two attached hydrogens (primary N) is 1. The fraction of sp³-hybridized carbons (Fsp3) is 0.550. The van der Waals surface area contributed by atoms with Crippen molar-refractivity contribution in [3.05, 3.63) is 23.9 Å². The van der Waals surface area contributed by atoms with Gasteiger partial charge in [-0.2, -0.15) is 5.10 Å². The lowest BCUT2D eigenvalue weighted by atomic mass is 10.1. The number of carbonyl (C=O) groups excluding carboxylic acids is 2. The maximum absolute atomic E-state index is 12.4. The Hall–Kier alpha value is -2.77. The fourth-order valence-corrected chi connectivity index (χ4v) is 3.54. The van der Waals surface area contributed by atoms with Crippen LogP contribution in [0.1, 0.15) is 44.5 Å². The molecule has 1 aliphatic rings. The van der Waals surface area contributed by atoms with Gasteiger partial charge in [-0.3, -0.25) is 9.48 Å². The SMILES string of the molecule is CCn1cc2c(N3CC[C@@H](N(C)C(=O)OC(C)(C)C)C3)ccc(C(N)=O)c2n1. The van der Waals surface area contributed by atoms with E-state index in [4.69, 9.17) is 10.5 Å². The first-order chi connectivity index (χ1) is 13.1. The second-order valence-corrected chi connectivity index (χ2v) is 8.22. The van der Waals surface area contributed by atoms with Crippen molar-refractivity contribution >= 4 is 28.6 Å². The Morgan fingerprint density at radius 1 is 1.36 bits per heavy atom. The smallest absolute Gasteiger partial charge is 0.410 e. The molecule has 1 saturated heterocycles. The molecule has 2 N–H and O–H groups in total. The average Bonchev–Trinajstić information content (AvgIpc) is 3.25. The molecule has 0 spiro atoms. The number of benzene rings is 1. The second kappa shape index (κ2) is 7.33. The topological polar surface area (TPSA) is 93.7 Å². The molecule has 1 aliphatic heterocycles. The maximum Gasteiger partial charge on any atom is 0.410 e. The monoisotopic (exact) mass is 387 g/mol. The number of nitrogens with zero attached hydrogens (tertiary/aromatic N) is 4. The quantitative estimate of drug-likeness (QED) is 0.870. The van der Waals surface area contributed by atoms with E-state index in [0.29, 0.717) is 24.2 Å². The van der Waals surface area contributed by atoms with Crippen LogP contribution in [0.2, 0.25) is 0 Å². The van der Waals surface area contributed by atoms with Crippen LogP contribution < -0.4 is 10.6 Å². The zero-order valence-electron chi connectivity index (χ0n) is 17.2. The molecular formula is C20H29N5O3. The van der Waals surface area contributed by atoms with E-state index in [-0.39, 0.29) is 12.1 Å². The number of amides is 2. The molecule has 8 nitrogen and oxygen atoms in total. The van der Waals surface area contributed by atoms with Gasteiger partial charge in [0.1, 0.15) is 11.1 Å². The Kier molecular flexibility index (Phi) is 5.23. The standard InChI is InChI=1S/C20H29N5O3/c1-6-25-12-15-16(8-7-14(18(21)26)17(15)22-25)24-10-9-13(11-24)23(5)19(27)28-20(2,3)4/h7-8,12-13H,6,9-11H2,1-5H3,(H2,21,26)/t13-/m1/s1. The normalized spacial score (nSPS) is 17.2. The van der Waals surface area contributed by atoms with E-state index in [0.717, 1.165) is 24.0 Å². The number of fused-ring (bicyclic) bond motifs is 1. The van der Waals surface area contributed by atoms with Gasteiger partial charge in [-0.1, -0.05) is 0 Å². The molecule has 0 bridgehead atoms. The highest BCUT2D eigenvalue weighted by atomic mass is 16.6. The summed E-state index contributed by atoms with van der Waals surface area (Å²) >= 11 is 0. The summed E-state index contributed by atoms with van der Waals surface area (Å²) < 4.78 is 7.29. The molecule has 0 unspecified atom stereocenters. The zero-order valence-corrected chi connectivity index (χ0v) is 17.2. The molecule has 2 heterocycles. The van der Waals surface area contributed by atoms with Crippen LogP contribution in [0.15, 0.2) is 18.3 Å². The van der Waals surface area contributed by atoms with E-state index in [1.165, 1.54) is 0 Å². The van der Waals surface area contributed by atoms with Crippen LogP contribution in [0.4, 0.5) is 10.5 Å². The van der Waals surface area contributed by atoms with E-state index >= 15 is 0 Å². The number of aryl methyl sites for hydroxylation is 1. The minimum atomic E-state index is -0.519. The van der Waals surface area contributed by atoms with Crippen molar-refractivity contribution in [2.75, 3.05) is 25.0 Å². The van der Waals surface area contributed by atoms with E-state index in [1.807, 2.05) is 40.0 Å². The van der Waals surface area contributed by atoms with Crippen molar-refractivity contribution in [1.82, 2.24) is 14.7 Å². The highest BCUT2D eigenvalue weighted by Crippen LogP contribution is 2.32. The van der Waals surface area contributed by atoms with Gasteiger partial charge in [0, 0.05) is 44.0 Å². The second-order valence-electron chi connectivity index (χ2n) is 8.22. The first kappa shape index (κ1) is 20.0. The Bertz CT molecular complexity index is 899. The highest BCUT2D eigenvalue weighted by molar-refractivity contribution is 6.08. The molecule has 1 aromatic heterocycles. The lowest BCUT2D eigenvalue weighted by molar-refractivity contribution is 0.0238. The van der Waals surface area contributed by atoms with E-state index in [1.54, 1.807) is 22.7 Å². The fourth-order valence-electron chi connectivity index (χ4n) is 3.54. The summed E-state index contributed by atoms with van der Waals surface area (Å²) in [7, 11) is 1.78. The lowest BCUT2D eigenvalue weighted by Gasteiger charge is -2.29. The van der Waals surface area contributed by atoms with Crippen molar-refractivity contribution in [2.24, 2.45) is 5.73 Å². The van der Waals surface area contributed by atoms with Crippen molar-refractivity contribution in [2.45, 2.75) is 52.3 Å². The highest BCUT2D eigenvalue weighted by Gasteiger charge is 2.32. The van der Waals surface area contributed by atoms with Gasteiger partial charge >= 0.3 is 6.09 Å². The molecule has 1 atom stereocenters. The molecule has 8 heteroatoms. The zero-order chi connectivity index (χ0) is 20.6. The molecule has 152 valence electrons. The predicted octanol–water partition coefficient (Wildman–Crippen LogP) is 2.60. The molecule has 3 rings (SSSR count). The largest absolute Gasteiger partial charge is 0.444 e. The van der Waals surface area contributed by atoms with Crippen LogP contribution in [-0.4, -0.2) is 58.5 Å². The number of hydrogen-bond donors (Lipinski definition) is 1. The molecule has 28 heavy (non-hydrogen) atoms. The number of aromatic nitrogens is 2. The van der Waals surface area contributed by atoms with Crippen molar-refractivity contribution in [1.29, 1.82) is 0 Å². The summed E-state index contributed by atoms with van der Waals surface area (Å²) in [4.78, 5) is 28.1. The van der Waals surface area contributed by atoms with Crippen LogP contribution >= 0.6 is 0 Å². The average molecular weight is 387 g/mol. The van der Waals surface area contributed by atoms with Gasteiger partial charge in [0.25, 0.3) is 5.91 Å². The molecular weight excluding hydrogens is 358 g/mol. The first-order valence-corrected chi connectivity index (χ1v) is 9.61. The number of hydrogen-bond acceptors (Lipinski definition) is 5. The summed E-state index contributed by atoms with van der Waals surface area (Å²) in [5.74, 6) is -0.484. The van der Waals surface area contributed by atoms with Gasteiger partial charge in [-0.15, -0.1) is 0 Å². The summed E-state index contributed by atoms with van der Waals surface area (Å²) in [6, 6.07) is 3.71. The van der Waals surface area contributed by atoms with Gasteiger partial charge in [-0.05, 0) is 46.2 Å². The number of ether oxygens (including phenoxy) is 1. The third kappa shape index (κ3) is 3.90. The molecule has 0 saturated carbocycles. The molecule has 0 aliphatic carbocycles. The van der Waals surface area contributed by atoms with Crippen LogP contribution in [0, 0.1) is 0 Å². The summed E-state index contributed by atoms with van der Waals surface area (Å²) in [6.07, 6.45) is 2.48. The number of primary amides is 1. The van der Waals surface area contributed by atoms with E-state index in [9.17, 15) is 9.59 Å². The number of likely N-dealkylation sites (N-methyl/N-ethyl adjacent to an activating group) is 1. The Morgan fingerprint density at radius 3 is 2.68 bits per heavy atom. The molecule has 2 aromatic rings. The van der Waals surface area contributed by atoms with Crippen molar-refractivity contribution in [3.63, 3.8) is 0 Å². The Morgan fingerprint density at radius 2 is 2.07 bits per heavy atom. The maximum atomic E-state index is 12.4. The van der Waals surface area contributed by atoms with Crippen LogP contribution in [0.25, 0.3) is 10.9 Å². The third-order valence-corrected chi connectivity index (χ3v) is 5.02. The van der Waals surface area contributed by atoms with Crippen LogP contribution in [-0.2, 0) is 11.3 Å². The van der Waals surface area contributed by atoms with Crippen molar-refractivity contribution in [3.8, 4) is 0 Å². The number of rotatable bonds is 4. The van der Waals surface area contributed by atoms with Crippen molar-refractivity contribution < 1.29 is 14.3 Å². The van der Waals surface area contributed by atoms with Crippen LogP contribution in [0.5, 0.6) is 0 Å². The first-order valence-electron chi connectivity index (χ1n) is 9.61. The van der Waals surface area contributed by atoms with Gasteiger partial charge in [0.2, 0.25) is 0 Å². The Labute approximate surface area is 165 Å². The number of carbonyl (C=O) groups is 2. The molecule has 2 amide bonds. The molecule has 1 aromatic carbocycles. The lowest BCUT2D eigenvalue weighted by Crippen LogP contribution is -2.42. The van der Waals surface area contributed by atoms with Gasteiger partial charge in [0.15, 0.2) is 0 Å². The summed E-state index contributed by atoms with van der Waals surface area (Å²) in [6.45, 7) is 9.79. The van der Waals surface area contributed by atoms with Gasteiger partial charge in [0.05, 0.1) is 11.6 Å². The molecule has 1 fully saturated rings. The number of anilines is 1. The third-order valence-electron chi connectivity index (χ3n) is 5.02. The summed E-state index contributed by atoms with van der Waals surface area (Å²) in [5.41, 5.74) is 7.05. The van der Waals surface area contributed by atoms with Gasteiger partial charge in [-0.25, -0.2) is 4.79 Å². The Balaban J connectivity index is 1.84. The van der Waals surface area contributed by atoms with E-state index < -0.39 is 11.5 Å².